The first-order valence-corrected chi connectivity index (χ1v) is 10.8. The number of nitrogens with zero attached hydrogens (tertiary/aromatic N) is 2. The van der Waals surface area contributed by atoms with Crippen LogP contribution in [-0.2, 0) is 0 Å². The lowest BCUT2D eigenvalue weighted by atomic mass is 9.84. The maximum atomic E-state index is 5.03. The van der Waals surface area contributed by atoms with E-state index in [1.807, 2.05) is 7.05 Å². The second-order valence-electron chi connectivity index (χ2n) is 7.98. The predicted molar refractivity (Wildman–Crippen MR) is 122 cm³/mol. The summed E-state index contributed by atoms with van der Waals surface area (Å²) in [5, 5.41) is 3.26. The average molecular weight is 378 g/mol. The fraction of sp³-hybridized carbons (Fsp3) is 0.480. The predicted octanol–water partition coefficient (Wildman–Crippen LogP) is 6.55. The molecular formula is C25H35N3. The lowest BCUT2D eigenvalue weighted by molar-refractivity contribution is 0.467. The lowest BCUT2D eigenvalue weighted by Gasteiger charge is -2.40. The Kier molecular flexibility index (Phi) is 6.77. The molecule has 0 amide bonds. The summed E-state index contributed by atoms with van der Waals surface area (Å²) in [6.07, 6.45) is 10.2. The van der Waals surface area contributed by atoms with Crippen LogP contribution < -0.4 is 10.2 Å². The number of nitrogens with one attached hydrogen (secondary N) is 1. The van der Waals surface area contributed by atoms with Gasteiger partial charge in [-0.05, 0) is 55.5 Å². The third kappa shape index (κ3) is 4.09. The zero-order valence-electron chi connectivity index (χ0n) is 18.0. The van der Waals surface area contributed by atoms with Gasteiger partial charge in [-0.1, -0.05) is 38.8 Å². The molecule has 1 aliphatic heterocycles. The zero-order valence-corrected chi connectivity index (χ0v) is 18.0. The molecule has 2 heterocycles. The third-order valence-electron chi connectivity index (χ3n) is 6.00. The summed E-state index contributed by atoms with van der Waals surface area (Å²) in [4.78, 5) is 7.56. The van der Waals surface area contributed by atoms with Gasteiger partial charge < -0.3 is 10.2 Å². The van der Waals surface area contributed by atoms with Gasteiger partial charge >= 0.3 is 0 Å². The minimum absolute atomic E-state index is 0.399. The number of unbranched alkanes of at least 4 members (excludes halogenated alkanes) is 1. The van der Waals surface area contributed by atoms with Gasteiger partial charge in [-0.25, -0.2) is 0 Å². The molecule has 0 bridgehead atoms. The molecule has 1 aliphatic rings. The summed E-state index contributed by atoms with van der Waals surface area (Å²) < 4.78 is 0. The van der Waals surface area contributed by atoms with Crippen molar-refractivity contribution in [2.45, 2.75) is 64.8 Å². The molecule has 0 aliphatic carbocycles. The SMILES string of the molecule is C=CC1CC(CCCC)c2ncc(-c3cc(NC)ccc3C)cc2N1CCC. The first-order valence-electron chi connectivity index (χ1n) is 10.8. The number of hydrogen-bond acceptors (Lipinski definition) is 3. The maximum Gasteiger partial charge on any atom is 0.0669 e. The van der Waals surface area contributed by atoms with Gasteiger partial charge in [-0.3, -0.25) is 4.98 Å². The Balaban J connectivity index is 2.09. The first-order chi connectivity index (χ1) is 13.6. The third-order valence-corrected chi connectivity index (χ3v) is 6.00. The van der Waals surface area contributed by atoms with Gasteiger partial charge in [-0.2, -0.15) is 0 Å². The Morgan fingerprint density at radius 1 is 1.25 bits per heavy atom. The molecule has 0 spiro atoms. The van der Waals surface area contributed by atoms with Crippen LogP contribution in [0, 0.1) is 6.92 Å². The number of fused-ring (bicyclic) bond motifs is 1. The molecule has 1 aromatic heterocycles. The Morgan fingerprint density at radius 2 is 2.07 bits per heavy atom. The number of hydrogen-bond donors (Lipinski definition) is 1. The van der Waals surface area contributed by atoms with Crippen molar-refractivity contribution >= 4 is 11.4 Å². The molecule has 2 unspecified atom stereocenters. The molecule has 3 heteroatoms. The normalized spacial score (nSPS) is 18.6. The van der Waals surface area contributed by atoms with Crippen molar-refractivity contribution in [1.29, 1.82) is 0 Å². The molecule has 1 N–H and O–H groups in total. The second kappa shape index (κ2) is 9.27. The summed E-state index contributed by atoms with van der Waals surface area (Å²) in [5.74, 6) is 0.532. The molecule has 2 atom stereocenters. The van der Waals surface area contributed by atoms with E-state index in [2.05, 4.69) is 74.1 Å². The van der Waals surface area contributed by atoms with Gasteiger partial charge in [0.25, 0.3) is 0 Å². The fourth-order valence-corrected chi connectivity index (χ4v) is 4.41. The highest BCUT2D eigenvalue weighted by Gasteiger charge is 2.31. The van der Waals surface area contributed by atoms with Crippen molar-refractivity contribution in [2.75, 3.05) is 23.8 Å². The Morgan fingerprint density at radius 3 is 2.75 bits per heavy atom. The molecule has 0 radical (unpaired) electrons. The van der Waals surface area contributed by atoms with Gasteiger partial charge in [0.2, 0.25) is 0 Å². The van der Waals surface area contributed by atoms with Crippen LogP contribution in [0.3, 0.4) is 0 Å². The highest BCUT2D eigenvalue weighted by atomic mass is 15.2. The van der Waals surface area contributed by atoms with Gasteiger partial charge in [0.1, 0.15) is 0 Å². The fourth-order valence-electron chi connectivity index (χ4n) is 4.41. The van der Waals surface area contributed by atoms with Crippen molar-refractivity contribution in [3.63, 3.8) is 0 Å². The molecule has 3 rings (SSSR count). The summed E-state index contributed by atoms with van der Waals surface area (Å²) in [7, 11) is 1.97. The summed E-state index contributed by atoms with van der Waals surface area (Å²) in [6.45, 7) is 11.9. The average Bonchev–Trinajstić information content (AvgIpc) is 2.73. The molecule has 1 aromatic carbocycles. The van der Waals surface area contributed by atoms with Crippen LogP contribution in [0.5, 0.6) is 0 Å². The van der Waals surface area contributed by atoms with Crippen molar-refractivity contribution in [3.8, 4) is 11.1 Å². The van der Waals surface area contributed by atoms with Gasteiger partial charge in [-0.15, -0.1) is 6.58 Å². The molecule has 150 valence electrons. The van der Waals surface area contributed by atoms with Crippen LogP contribution in [0.4, 0.5) is 11.4 Å². The Bertz CT molecular complexity index is 811. The number of aromatic nitrogens is 1. The number of rotatable bonds is 8. The van der Waals surface area contributed by atoms with E-state index in [1.165, 1.54) is 47.3 Å². The molecule has 0 fully saturated rings. The van der Waals surface area contributed by atoms with Crippen LogP contribution in [0.1, 0.15) is 63.1 Å². The summed E-state index contributed by atoms with van der Waals surface area (Å²) in [6, 6.07) is 9.31. The number of anilines is 2. The molecule has 3 nitrogen and oxygen atoms in total. The first kappa shape index (κ1) is 20.4. The topological polar surface area (TPSA) is 28.2 Å². The second-order valence-corrected chi connectivity index (χ2v) is 7.98. The van der Waals surface area contributed by atoms with E-state index < -0.39 is 0 Å². The molecule has 2 aromatic rings. The van der Waals surface area contributed by atoms with Crippen molar-refractivity contribution in [1.82, 2.24) is 4.98 Å². The van der Waals surface area contributed by atoms with E-state index in [0.717, 1.165) is 25.1 Å². The number of pyridine rings is 1. The van der Waals surface area contributed by atoms with E-state index in [-0.39, 0.29) is 0 Å². The van der Waals surface area contributed by atoms with E-state index in [0.29, 0.717) is 12.0 Å². The van der Waals surface area contributed by atoms with Crippen molar-refractivity contribution in [3.05, 3.63) is 54.4 Å². The van der Waals surface area contributed by atoms with Crippen LogP contribution >= 0.6 is 0 Å². The highest BCUT2D eigenvalue weighted by Crippen LogP contribution is 2.42. The quantitative estimate of drug-likeness (QED) is 0.529. The smallest absolute Gasteiger partial charge is 0.0669 e. The molecule has 28 heavy (non-hydrogen) atoms. The monoisotopic (exact) mass is 377 g/mol. The highest BCUT2D eigenvalue weighted by molar-refractivity contribution is 5.75. The van der Waals surface area contributed by atoms with Crippen LogP contribution in [0.25, 0.3) is 11.1 Å². The zero-order chi connectivity index (χ0) is 20.1. The molecule has 0 saturated carbocycles. The van der Waals surface area contributed by atoms with E-state index in [1.54, 1.807) is 0 Å². The van der Waals surface area contributed by atoms with Gasteiger partial charge in [0, 0.05) is 43.0 Å². The minimum Gasteiger partial charge on any atom is -0.388 e. The minimum atomic E-state index is 0.399. The Hall–Kier alpha value is -2.29. The maximum absolute atomic E-state index is 5.03. The molecular weight excluding hydrogens is 342 g/mol. The number of benzene rings is 1. The summed E-state index contributed by atoms with van der Waals surface area (Å²) in [5.41, 5.74) is 7.46. The Labute approximate surface area is 170 Å². The molecule has 0 saturated heterocycles. The van der Waals surface area contributed by atoms with Crippen LogP contribution in [0.2, 0.25) is 0 Å². The number of aryl methyl sites for hydroxylation is 1. The van der Waals surface area contributed by atoms with Crippen LogP contribution in [0.15, 0.2) is 43.1 Å². The van der Waals surface area contributed by atoms with Gasteiger partial charge in [0.05, 0.1) is 11.4 Å². The summed E-state index contributed by atoms with van der Waals surface area (Å²) >= 11 is 0. The van der Waals surface area contributed by atoms with Crippen molar-refractivity contribution in [2.24, 2.45) is 0 Å². The largest absolute Gasteiger partial charge is 0.388 e. The van der Waals surface area contributed by atoms with Crippen molar-refractivity contribution < 1.29 is 0 Å². The van der Waals surface area contributed by atoms with E-state index >= 15 is 0 Å². The lowest BCUT2D eigenvalue weighted by Crippen LogP contribution is -2.40. The van der Waals surface area contributed by atoms with E-state index in [4.69, 9.17) is 4.98 Å². The van der Waals surface area contributed by atoms with Gasteiger partial charge in [0.15, 0.2) is 0 Å². The van der Waals surface area contributed by atoms with E-state index in [9.17, 15) is 0 Å². The standard InChI is InChI=1S/C25H35N3/c1-6-9-10-19-14-22(8-3)28(13-7-2)24-15-20(17-27-25(19)24)23-16-21(26-5)12-11-18(23)4/h8,11-12,15-17,19,22,26H,3,6-7,9-10,13-14H2,1-2,4-5H3. The van der Waals surface area contributed by atoms with Crippen LogP contribution in [-0.4, -0.2) is 24.6 Å².